The average molecular weight is 214 g/mol. The second-order valence-electron chi connectivity index (χ2n) is 4.75. The Balaban J connectivity index is 2.06. The molecule has 1 unspecified atom stereocenters. The van der Waals surface area contributed by atoms with Crippen molar-refractivity contribution in [2.75, 3.05) is 13.1 Å². The summed E-state index contributed by atoms with van der Waals surface area (Å²) in [5.74, 6) is 0.794. The van der Waals surface area contributed by atoms with E-state index < -0.39 is 0 Å². The van der Waals surface area contributed by atoms with Gasteiger partial charge in [-0.2, -0.15) is 5.26 Å². The van der Waals surface area contributed by atoms with E-state index in [9.17, 15) is 0 Å². The Bertz CT molecular complexity index is 392. The van der Waals surface area contributed by atoms with Crippen LogP contribution in [0.2, 0.25) is 0 Å². The molecule has 0 amide bonds. The van der Waals surface area contributed by atoms with E-state index in [1.165, 1.54) is 31.5 Å². The van der Waals surface area contributed by atoms with Crippen LogP contribution in [0.3, 0.4) is 0 Å². The minimum Gasteiger partial charge on any atom is -0.299 e. The van der Waals surface area contributed by atoms with Crippen molar-refractivity contribution >= 4 is 0 Å². The van der Waals surface area contributed by atoms with Crippen LogP contribution in [0.15, 0.2) is 24.3 Å². The van der Waals surface area contributed by atoms with Crippen LogP contribution < -0.4 is 0 Å². The quantitative estimate of drug-likeness (QED) is 0.757. The number of rotatable bonds is 2. The van der Waals surface area contributed by atoms with Gasteiger partial charge in [-0.1, -0.05) is 25.1 Å². The predicted octanol–water partition coefficient (Wildman–Crippen LogP) is 2.79. The van der Waals surface area contributed by atoms with Crippen molar-refractivity contribution in [3.8, 4) is 6.07 Å². The van der Waals surface area contributed by atoms with Crippen molar-refractivity contribution in [3.63, 3.8) is 0 Å². The highest BCUT2D eigenvalue weighted by Crippen LogP contribution is 2.19. The fourth-order valence-corrected chi connectivity index (χ4v) is 2.44. The summed E-state index contributed by atoms with van der Waals surface area (Å²) >= 11 is 0. The summed E-state index contributed by atoms with van der Waals surface area (Å²) in [6, 6.07) is 10.2. The average Bonchev–Trinajstić information content (AvgIpc) is 2.30. The molecule has 0 bridgehead atoms. The molecule has 0 saturated carbocycles. The molecule has 0 aliphatic carbocycles. The van der Waals surface area contributed by atoms with Gasteiger partial charge >= 0.3 is 0 Å². The first-order chi connectivity index (χ1) is 7.79. The highest BCUT2D eigenvalue weighted by Gasteiger charge is 2.16. The number of benzene rings is 1. The van der Waals surface area contributed by atoms with Gasteiger partial charge in [-0.15, -0.1) is 0 Å². The van der Waals surface area contributed by atoms with E-state index in [4.69, 9.17) is 5.26 Å². The van der Waals surface area contributed by atoms with Gasteiger partial charge in [-0.05, 0) is 36.9 Å². The second-order valence-corrected chi connectivity index (χ2v) is 4.75. The Labute approximate surface area is 97.5 Å². The Morgan fingerprint density at radius 1 is 1.44 bits per heavy atom. The van der Waals surface area contributed by atoms with Gasteiger partial charge in [0, 0.05) is 13.1 Å². The largest absolute Gasteiger partial charge is 0.299 e. The lowest BCUT2D eigenvalue weighted by atomic mass is 9.99. The molecule has 0 aromatic heterocycles. The van der Waals surface area contributed by atoms with Gasteiger partial charge in [0.2, 0.25) is 0 Å². The van der Waals surface area contributed by atoms with Gasteiger partial charge in [0.1, 0.15) is 0 Å². The smallest absolute Gasteiger partial charge is 0.0995 e. The first kappa shape index (κ1) is 11.2. The number of piperidine rings is 1. The first-order valence-corrected chi connectivity index (χ1v) is 6.00. The van der Waals surface area contributed by atoms with Crippen molar-refractivity contribution in [1.82, 2.24) is 4.90 Å². The third kappa shape index (κ3) is 2.62. The van der Waals surface area contributed by atoms with Gasteiger partial charge in [0.05, 0.1) is 11.6 Å². The molecule has 1 atom stereocenters. The molecule has 2 nitrogen and oxygen atoms in total. The highest BCUT2D eigenvalue weighted by molar-refractivity contribution is 5.37. The SMILES string of the molecule is CC1CCCN(Cc2ccccc2C#N)C1. The summed E-state index contributed by atoms with van der Waals surface area (Å²) < 4.78 is 0. The molecule has 0 N–H and O–H groups in total. The van der Waals surface area contributed by atoms with Crippen LogP contribution >= 0.6 is 0 Å². The molecule has 0 spiro atoms. The highest BCUT2D eigenvalue weighted by atomic mass is 15.1. The maximum absolute atomic E-state index is 9.03. The van der Waals surface area contributed by atoms with E-state index in [2.05, 4.69) is 24.0 Å². The fourth-order valence-electron chi connectivity index (χ4n) is 2.44. The lowest BCUT2D eigenvalue weighted by Crippen LogP contribution is -2.33. The van der Waals surface area contributed by atoms with Crippen LogP contribution in [0.4, 0.5) is 0 Å². The van der Waals surface area contributed by atoms with E-state index >= 15 is 0 Å². The predicted molar refractivity (Wildman–Crippen MR) is 64.8 cm³/mol. The molecule has 2 heteroatoms. The summed E-state index contributed by atoms with van der Waals surface area (Å²) in [5, 5.41) is 9.03. The lowest BCUT2D eigenvalue weighted by molar-refractivity contribution is 0.176. The second kappa shape index (κ2) is 5.14. The molecule has 1 fully saturated rings. The zero-order chi connectivity index (χ0) is 11.4. The molecule has 1 aliphatic heterocycles. The lowest BCUT2D eigenvalue weighted by Gasteiger charge is -2.31. The Morgan fingerprint density at radius 3 is 3.00 bits per heavy atom. The molecule has 1 aromatic carbocycles. The molecular formula is C14H18N2. The molecule has 0 radical (unpaired) electrons. The Hall–Kier alpha value is -1.33. The Kier molecular flexibility index (Phi) is 3.58. The van der Waals surface area contributed by atoms with E-state index in [0.717, 1.165) is 18.0 Å². The van der Waals surface area contributed by atoms with Crippen LogP contribution in [-0.4, -0.2) is 18.0 Å². The summed E-state index contributed by atoms with van der Waals surface area (Å²) in [6.45, 7) is 5.57. The van der Waals surface area contributed by atoms with E-state index in [1.54, 1.807) is 0 Å². The summed E-state index contributed by atoms with van der Waals surface area (Å²) in [7, 11) is 0. The zero-order valence-electron chi connectivity index (χ0n) is 9.82. The number of likely N-dealkylation sites (tertiary alicyclic amines) is 1. The third-order valence-electron chi connectivity index (χ3n) is 3.27. The van der Waals surface area contributed by atoms with Crippen molar-refractivity contribution in [1.29, 1.82) is 5.26 Å². The zero-order valence-corrected chi connectivity index (χ0v) is 9.82. The summed E-state index contributed by atoms with van der Waals surface area (Å²) in [5.41, 5.74) is 1.99. The van der Waals surface area contributed by atoms with Gasteiger partial charge in [-0.25, -0.2) is 0 Å². The number of hydrogen-bond donors (Lipinski definition) is 0. The van der Waals surface area contributed by atoms with Crippen LogP contribution in [0.1, 0.15) is 30.9 Å². The topological polar surface area (TPSA) is 27.0 Å². The monoisotopic (exact) mass is 214 g/mol. The third-order valence-corrected chi connectivity index (χ3v) is 3.27. The van der Waals surface area contributed by atoms with Gasteiger partial charge in [0.25, 0.3) is 0 Å². The minimum absolute atomic E-state index is 0.794. The number of nitrogens with zero attached hydrogens (tertiary/aromatic N) is 2. The number of nitriles is 1. The molecule has 1 saturated heterocycles. The molecule has 1 aromatic rings. The van der Waals surface area contributed by atoms with Crippen LogP contribution in [0.25, 0.3) is 0 Å². The Morgan fingerprint density at radius 2 is 2.25 bits per heavy atom. The van der Waals surface area contributed by atoms with Crippen molar-refractivity contribution in [2.45, 2.75) is 26.3 Å². The van der Waals surface area contributed by atoms with E-state index in [-0.39, 0.29) is 0 Å². The van der Waals surface area contributed by atoms with Gasteiger partial charge < -0.3 is 0 Å². The molecule has 1 aliphatic rings. The molecule has 84 valence electrons. The maximum Gasteiger partial charge on any atom is 0.0995 e. The minimum atomic E-state index is 0.794. The molecular weight excluding hydrogens is 196 g/mol. The van der Waals surface area contributed by atoms with Crippen molar-refractivity contribution < 1.29 is 0 Å². The number of hydrogen-bond acceptors (Lipinski definition) is 2. The molecule has 16 heavy (non-hydrogen) atoms. The van der Waals surface area contributed by atoms with Crippen LogP contribution in [0, 0.1) is 17.2 Å². The van der Waals surface area contributed by atoms with E-state index in [1.807, 2.05) is 18.2 Å². The molecule has 1 heterocycles. The normalized spacial score (nSPS) is 21.6. The standard InChI is InChI=1S/C14H18N2/c1-12-5-4-8-16(10-12)11-14-7-3-2-6-13(14)9-15/h2-3,6-7,12H,4-5,8,10-11H2,1H3. The summed E-state index contributed by atoms with van der Waals surface area (Å²) in [4.78, 5) is 2.46. The van der Waals surface area contributed by atoms with Crippen molar-refractivity contribution in [2.24, 2.45) is 5.92 Å². The molecule has 2 rings (SSSR count). The summed E-state index contributed by atoms with van der Waals surface area (Å²) in [6.07, 6.45) is 2.63. The van der Waals surface area contributed by atoms with Gasteiger partial charge in [0.15, 0.2) is 0 Å². The fraction of sp³-hybridized carbons (Fsp3) is 0.500. The van der Waals surface area contributed by atoms with Crippen molar-refractivity contribution in [3.05, 3.63) is 35.4 Å². The maximum atomic E-state index is 9.03. The van der Waals surface area contributed by atoms with Crippen LogP contribution in [0.5, 0.6) is 0 Å². The van der Waals surface area contributed by atoms with E-state index in [0.29, 0.717) is 0 Å². The van der Waals surface area contributed by atoms with Crippen LogP contribution in [-0.2, 0) is 6.54 Å². The first-order valence-electron chi connectivity index (χ1n) is 6.00. The van der Waals surface area contributed by atoms with Gasteiger partial charge in [-0.3, -0.25) is 4.90 Å².